The highest BCUT2D eigenvalue weighted by molar-refractivity contribution is 5.97. The van der Waals surface area contributed by atoms with E-state index in [9.17, 15) is 9.59 Å². The molecule has 2 heteroatoms. The Hall–Kier alpha value is -3.18. The maximum absolute atomic E-state index is 11.6. The van der Waals surface area contributed by atoms with E-state index in [1.165, 1.54) is 61.6 Å². The molecule has 0 radical (unpaired) electrons. The van der Waals surface area contributed by atoms with Gasteiger partial charge in [-0.25, -0.2) is 0 Å². The van der Waals surface area contributed by atoms with Gasteiger partial charge in [0.2, 0.25) is 0 Å². The number of Topliss-reactive ketones (excluding diaryl/α,β-unsaturated/α-hetero) is 2. The van der Waals surface area contributed by atoms with E-state index >= 15 is 0 Å². The summed E-state index contributed by atoms with van der Waals surface area (Å²) in [5, 5.41) is 0. The Kier molecular flexibility index (Phi) is 40.3. The Labute approximate surface area is 482 Å². The van der Waals surface area contributed by atoms with Gasteiger partial charge in [-0.1, -0.05) is 255 Å². The first-order chi connectivity index (χ1) is 35.6. The predicted molar refractivity (Wildman–Crippen MR) is 347 cm³/mol. The molecule has 0 aromatic heterocycles. The Morgan fingerprint density at radius 2 is 0.675 bits per heavy atom. The second-order valence-corrected chi connectivity index (χ2v) is 27.9. The Morgan fingerprint density at radius 1 is 0.390 bits per heavy atom. The van der Waals surface area contributed by atoms with Gasteiger partial charge in [-0.2, -0.15) is 0 Å². The van der Waals surface area contributed by atoms with E-state index in [1.54, 1.807) is 11.1 Å². The van der Waals surface area contributed by atoms with E-state index in [1.807, 2.05) is 52.0 Å². The molecule has 0 aliphatic heterocycles. The predicted octanol–water partition coefficient (Wildman–Crippen LogP) is 23.5. The van der Waals surface area contributed by atoms with Crippen molar-refractivity contribution in [1.29, 1.82) is 0 Å². The minimum atomic E-state index is 0.0832. The highest BCUT2D eigenvalue weighted by Gasteiger charge is 2.28. The zero-order valence-corrected chi connectivity index (χ0v) is 56.3. The molecule has 0 heterocycles. The van der Waals surface area contributed by atoms with E-state index in [0.29, 0.717) is 53.1 Å². The van der Waals surface area contributed by atoms with Crippen molar-refractivity contribution in [1.82, 2.24) is 0 Å². The highest BCUT2D eigenvalue weighted by atomic mass is 16.1. The summed E-state index contributed by atoms with van der Waals surface area (Å²) in [5.41, 5.74) is 8.11. The lowest BCUT2D eigenvalue weighted by Crippen LogP contribution is -2.21. The second-order valence-electron chi connectivity index (χ2n) is 27.9. The maximum Gasteiger partial charge on any atom is 0.165 e. The molecule has 0 N–H and O–H groups in total. The summed E-state index contributed by atoms with van der Waals surface area (Å²) in [4.78, 5) is 22.6. The van der Waals surface area contributed by atoms with E-state index in [4.69, 9.17) is 0 Å². The van der Waals surface area contributed by atoms with Crippen LogP contribution in [0.2, 0.25) is 0 Å². The van der Waals surface area contributed by atoms with Crippen molar-refractivity contribution in [2.45, 2.75) is 269 Å². The number of benzene rings is 2. The van der Waals surface area contributed by atoms with Crippen LogP contribution in [0.3, 0.4) is 0 Å². The minimum absolute atomic E-state index is 0.0832. The number of allylic oxidation sites excluding steroid dienone is 4. The fourth-order valence-corrected chi connectivity index (χ4v) is 10.0. The lowest BCUT2D eigenvalue weighted by Gasteiger charge is -2.32. The molecular weight excluding hydrogens is 933 g/mol. The molecule has 2 saturated carbocycles. The van der Waals surface area contributed by atoms with Crippen molar-refractivity contribution in [2.75, 3.05) is 0 Å². The standard InChI is InChI=1S/C13H18O.C12H24.C12H18.C11H22.C11H18.C8H16O.C8H14/c1-9(2)11-5-7-12(8-6-11)13(14)10(3)4;2*1-9(2)11-5-7-12(8-6-11)10(3)4;1-8(2)10-5-6-11(7-10)9(3)4;1-8(2)10-6-5-7-11(10)9(3)4;1-6(2)5-8(9)7(3)4;1-7(2)5-6-8(3)4/h5-10H,1-4H3;9-12H,5-8H2,1-4H3;5-10H,1-4H3;8-11H,5-7H2,1-4H3;6-9H,5H2,1-4H3;6-7H,5H2,1-4H3;7-8H,1-4H3. The molecule has 442 valence electrons. The molecule has 0 bridgehead atoms. The van der Waals surface area contributed by atoms with Crippen LogP contribution in [-0.2, 0) is 4.79 Å². The first-order valence-corrected chi connectivity index (χ1v) is 31.8. The molecule has 2 aromatic carbocycles. The summed E-state index contributed by atoms with van der Waals surface area (Å²) in [7, 11) is 0. The highest BCUT2D eigenvalue weighted by Crippen LogP contribution is 2.39. The van der Waals surface area contributed by atoms with Crippen LogP contribution in [0.15, 0.2) is 71.8 Å². The fourth-order valence-electron chi connectivity index (χ4n) is 10.0. The van der Waals surface area contributed by atoms with Gasteiger partial charge in [-0.3, -0.25) is 9.59 Å². The van der Waals surface area contributed by atoms with Crippen LogP contribution in [0.4, 0.5) is 0 Å². The molecule has 3 aliphatic rings. The summed E-state index contributed by atoms with van der Waals surface area (Å²) in [6.07, 6.45) is 17.0. The van der Waals surface area contributed by atoms with Crippen LogP contribution in [0.25, 0.3) is 0 Å². The largest absolute Gasteiger partial charge is 0.299 e. The van der Waals surface area contributed by atoms with Crippen LogP contribution in [-0.4, -0.2) is 11.6 Å². The third-order valence-corrected chi connectivity index (χ3v) is 15.9. The average Bonchev–Trinajstić information content (AvgIpc) is 4.07. The third kappa shape index (κ3) is 34.5. The van der Waals surface area contributed by atoms with Crippen LogP contribution >= 0.6 is 0 Å². The van der Waals surface area contributed by atoms with Crippen LogP contribution in [0, 0.1) is 101 Å². The lowest BCUT2D eigenvalue weighted by atomic mass is 9.73. The lowest BCUT2D eigenvalue weighted by molar-refractivity contribution is -0.122. The number of carbonyl (C=O) groups excluding carboxylic acids is 2. The molecule has 2 fully saturated rings. The number of rotatable bonds is 14. The van der Waals surface area contributed by atoms with Crippen LogP contribution in [0.1, 0.15) is 296 Å². The zero-order valence-electron chi connectivity index (χ0n) is 56.3. The normalized spacial score (nSPS) is 18.0. The van der Waals surface area contributed by atoms with Crippen LogP contribution < -0.4 is 0 Å². The van der Waals surface area contributed by atoms with Gasteiger partial charge in [0.15, 0.2) is 5.78 Å². The molecule has 0 spiro atoms. The molecular formula is C75H130O2. The van der Waals surface area contributed by atoms with Crippen LogP contribution in [0.5, 0.6) is 0 Å². The smallest absolute Gasteiger partial charge is 0.165 e. The summed E-state index contributed by atoms with van der Waals surface area (Å²) in [6.45, 7) is 61.6. The fraction of sp³-hybridized carbons (Fsp3) is 0.733. The van der Waals surface area contributed by atoms with Crippen molar-refractivity contribution in [2.24, 2.45) is 88.8 Å². The first kappa shape index (κ1) is 75.9. The van der Waals surface area contributed by atoms with Crippen molar-refractivity contribution >= 4 is 11.6 Å². The second kappa shape index (κ2) is 40.9. The molecule has 3 aliphatic carbocycles. The van der Waals surface area contributed by atoms with Gasteiger partial charge >= 0.3 is 0 Å². The third-order valence-electron chi connectivity index (χ3n) is 15.9. The molecule has 2 aromatic rings. The van der Waals surface area contributed by atoms with Gasteiger partial charge in [0.05, 0.1) is 0 Å². The Morgan fingerprint density at radius 3 is 0.870 bits per heavy atom. The van der Waals surface area contributed by atoms with Crippen molar-refractivity contribution < 1.29 is 9.59 Å². The van der Waals surface area contributed by atoms with Crippen molar-refractivity contribution in [3.8, 4) is 11.8 Å². The van der Waals surface area contributed by atoms with E-state index in [2.05, 4.69) is 214 Å². The van der Waals surface area contributed by atoms with E-state index in [0.717, 1.165) is 65.7 Å². The molecule has 2 atom stereocenters. The minimum Gasteiger partial charge on any atom is -0.299 e. The summed E-state index contributed by atoms with van der Waals surface area (Å²) in [6, 6.07) is 16.9. The molecule has 0 saturated heterocycles. The van der Waals surface area contributed by atoms with Gasteiger partial charge in [-0.15, -0.1) is 11.8 Å². The monoisotopic (exact) mass is 1060 g/mol. The Bertz CT molecular complexity index is 1840. The molecule has 0 amide bonds. The first-order valence-electron chi connectivity index (χ1n) is 31.8. The average molecular weight is 1060 g/mol. The zero-order chi connectivity index (χ0) is 59.9. The quantitative estimate of drug-likeness (QED) is 0.140. The van der Waals surface area contributed by atoms with Gasteiger partial charge in [-0.05, 0) is 162 Å². The van der Waals surface area contributed by atoms with E-state index < -0.39 is 0 Å². The topological polar surface area (TPSA) is 34.1 Å². The number of hydrogen-bond acceptors (Lipinski definition) is 2. The van der Waals surface area contributed by atoms with Gasteiger partial charge in [0.25, 0.3) is 0 Å². The van der Waals surface area contributed by atoms with Crippen molar-refractivity contribution in [3.05, 3.63) is 94.1 Å². The number of carbonyl (C=O) groups is 2. The van der Waals surface area contributed by atoms with Gasteiger partial charge in [0, 0.05) is 35.7 Å². The van der Waals surface area contributed by atoms with Crippen molar-refractivity contribution in [3.63, 3.8) is 0 Å². The Balaban J connectivity index is 0. The molecule has 5 rings (SSSR count). The summed E-state index contributed by atoms with van der Waals surface area (Å²) >= 11 is 0. The SMILES string of the molecule is CC(C)C#CC(C)C.CC(C)C(=O)c1ccc(C(C)C)cc1.CC(C)C1=CCC=C1C(C)C.CC(C)C1CCC(C(C)C)C1.CC(C)C1CCC(C(C)C)CC1.CC(C)CC(=O)C(C)C.CC(C)c1ccc(C(C)C)cc1. The van der Waals surface area contributed by atoms with E-state index in [-0.39, 0.29) is 17.6 Å². The molecule has 77 heavy (non-hydrogen) atoms. The van der Waals surface area contributed by atoms with Gasteiger partial charge < -0.3 is 0 Å². The maximum atomic E-state index is 11.6. The van der Waals surface area contributed by atoms with Gasteiger partial charge in [0.1, 0.15) is 5.78 Å². The molecule has 2 nitrogen and oxygen atoms in total. The molecule has 2 unspecified atom stereocenters. The summed E-state index contributed by atoms with van der Waals surface area (Å²) in [5.74, 6) is 19.6. The summed E-state index contributed by atoms with van der Waals surface area (Å²) < 4.78 is 0. The number of hydrogen-bond donors (Lipinski definition) is 0. The number of ketones is 2.